The lowest BCUT2D eigenvalue weighted by molar-refractivity contribution is -0.136. The lowest BCUT2D eigenvalue weighted by Gasteiger charge is -2.16. The van der Waals surface area contributed by atoms with Crippen LogP contribution >= 0.6 is 0 Å². The molecule has 0 aliphatic carbocycles. The van der Waals surface area contributed by atoms with Crippen molar-refractivity contribution in [2.24, 2.45) is 0 Å². The van der Waals surface area contributed by atoms with Gasteiger partial charge in [0.25, 0.3) is 5.91 Å². The number of halogens is 4. The quantitative estimate of drug-likeness (QED) is 0.384. The number of alkyl halides is 3. The fraction of sp³-hybridized carbons (Fsp3) is 0.0870. The molecule has 0 unspecified atom stereocenters. The standard InChI is InChI=1S/C23H18F4N4O3/c24-15-6-8-16(9-7-15)29-20(32)13-28-22(34)31-19-11-10-17(12-18(19)23(25,26)27)30-21(33)14-4-2-1-3-5-14/h1-12H,13H2,(H,29,32)(H,30,33)(H2,28,31,34). The van der Waals surface area contributed by atoms with Gasteiger partial charge in [-0.15, -0.1) is 0 Å². The maximum atomic E-state index is 13.5. The van der Waals surface area contributed by atoms with Crippen molar-refractivity contribution >= 4 is 34.9 Å². The summed E-state index contributed by atoms with van der Waals surface area (Å²) >= 11 is 0. The molecule has 0 bridgehead atoms. The number of hydrogen-bond donors (Lipinski definition) is 4. The van der Waals surface area contributed by atoms with Crippen LogP contribution in [0, 0.1) is 5.82 Å². The molecule has 3 aromatic rings. The van der Waals surface area contributed by atoms with Gasteiger partial charge in [0.1, 0.15) is 5.82 Å². The van der Waals surface area contributed by atoms with Gasteiger partial charge in [-0.3, -0.25) is 9.59 Å². The third kappa shape index (κ3) is 6.79. The van der Waals surface area contributed by atoms with E-state index in [9.17, 15) is 31.9 Å². The monoisotopic (exact) mass is 474 g/mol. The fourth-order valence-corrected chi connectivity index (χ4v) is 2.82. The number of anilines is 3. The Balaban J connectivity index is 1.63. The Morgan fingerprint density at radius 1 is 0.765 bits per heavy atom. The van der Waals surface area contributed by atoms with Gasteiger partial charge in [-0.25, -0.2) is 9.18 Å². The second-order valence-corrected chi connectivity index (χ2v) is 6.94. The summed E-state index contributed by atoms with van der Waals surface area (Å²) in [7, 11) is 0. The number of carbonyl (C=O) groups excluding carboxylic acids is 3. The normalized spacial score (nSPS) is 10.8. The number of amides is 4. The van der Waals surface area contributed by atoms with Crippen LogP contribution < -0.4 is 21.3 Å². The molecule has 11 heteroatoms. The first-order valence-electron chi connectivity index (χ1n) is 9.80. The molecular formula is C23H18F4N4O3. The highest BCUT2D eigenvalue weighted by molar-refractivity contribution is 6.04. The molecule has 0 aromatic heterocycles. The summed E-state index contributed by atoms with van der Waals surface area (Å²) in [4.78, 5) is 36.1. The van der Waals surface area contributed by atoms with Crippen LogP contribution in [0.3, 0.4) is 0 Å². The van der Waals surface area contributed by atoms with Gasteiger partial charge < -0.3 is 21.3 Å². The molecule has 0 fully saturated rings. The van der Waals surface area contributed by atoms with E-state index in [1.54, 1.807) is 18.2 Å². The van der Waals surface area contributed by atoms with E-state index in [-0.39, 0.29) is 16.9 Å². The first kappa shape index (κ1) is 24.2. The summed E-state index contributed by atoms with van der Waals surface area (Å²) in [5.41, 5.74) is -1.34. The number of urea groups is 1. The van der Waals surface area contributed by atoms with Crippen molar-refractivity contribution in [3.63, 3.8) is 0 Å². The molecule has 0 spiro atoms. The lowest BCUT2D eigenvalue weighted by atomic mass is 10.1. The number of nitrogens with one attached hydrogen (secondary N) is 4. The van der Waals surface area contributed by atoms with Crippen LogP contribution in [0.15, 0.2) is 72.8 Å². The van der Waals surface area contributed by atoms with Gasteiger partial charge >= 0.3 is 12.2 Å². The van der Waals surface area contributed by atoms with Crippen molar-refractivity contribution in [1.29, 1.82) is 0 Å². The number of rotatable bonds is 6. The van der Waals surface area contributed by atoms with E-state index in [0.717, 1.165) is 18.2 Å². The highest BCUT2D eigenvalue weighted by Gasteiger charge is 2.34. The summed E-state index contributed by atoms with van der Waals surface area (Å²) in [6.07, 6.45) is -4.84. The van der Waals surface area contributed by atoms with Crippen LogP contribution in [0.5, 0.6) is 0 Å². The molecule has 0 saturated heterocycles. The van der Waals surface area contributed by atoms with Crippen LogP contribution in [-0.4, -0.2) is 24.4 Å². The van der Waals surface area contributed by atoms with E-state index in [0.29, 0.717) is 6.07 Å². The van der Waals surface area contributed by atoms with Crippen molar-refractivity contribution in [3.8, 4) is 0 Å². The van der Waals surface area contributed by atoms with Crippen molar-refractivity contribution in [2.45, 2.75) is 6.18 Å². The number of benzene rings is 3. The van der Waals surface area contributed by atoms with Crippen molar-refractivity contribution in [1.82, 2.24) is 5.32 Å². The first-order chi connectivity index (χ1) is 16.1. The molecule has 0 heterocycles. The Hall–Kier alpha value is -4.41. The molecular weight excluding hydrogens is 456 g/mol. The van der Waals surface area contributed by atoms with Gasteiger partial charge in [-0.1, -0.05) is 18.2 Å². The maximum Gasteiger partial charge on any atom is 0.418 e. The largest absolute Gasteiger partial charge is 0.418 e. The van der Waals surface area contributed by atoms with Crippen molar-refractivity contribution in [2.75, 3.05) is 22.5 Å². The minimum absolute atomic E-state index is 0.120. The van der Waals surface area contributed by atoms with E-state index in [1.807, 2.05) is 5.32 Å². The summed E-state index contributed by atoms with van der Waals surface area (Å²) in [6.45, 7) is -0.546. The molecule has 4 N–H and O–H groups in total. The second kappa shape index (κ2) is 10.5. The molecule has 3 rings (SSSR count). The zero-order valence-electron chi connectivity index (χ0n) is 17.4. The number of hydrogen-bond acceptors (Lipinski definition) is 3. The van der Waals surface area contributed by atoms with Crippen LogP contribution in [0.1, 0.15) is 15.9 Å². The molecule has 0 atom stereocenters. The van der Waals surface area contributed by atoms with Crippen LogP contribution in [0.25, 0.3) is 0 Å². The lowest BCUT2D eigenvalue weighted by Crippen LogP contribution is -2.36. The predicted octanol–water partition coefficient (Wildman–Crippen LogP) is 4.86. The first-order valence-corrected chi connectivity index (χ1v) is 9.80. The van der Waals surface area contributed by atoms with Crippen molar-refractivity contribution < 1.29 is 31.9 Å². The SMILES string of the molecule is O=C(CNC(=O)Nc1ccc(NC(=O)c2ccccc2)cc1C(F)(F)F)Nc1ccc(F)cc1. The molecule has 0 radical (unpaired) electrons. The molecule has 0 saturated carbocycles. The van der Waals surface area contributed by atoms with E-state index in [4.69, 9.17) is 0 Å². The molecule has 4 amide bonds. The van der Waals surface area contributed by atoms with Gasteiger partial charge in [-0.2, -0.15) is 13.2 Å². The van der Waals surface area contributed by atoms with Crippen LogP contribution in [-0.2, 0) is 11.0 Å². The van der Waals surface area contributed by atoms with E-state index >= 15 is 0 Å². The Labute approximate surface area is 191 Å². The molecule has 34 heavy (non-hydrogen) atoms. The van der Waals surface area contributed by atoms with E-state index in [1.165, 1.54) is 30.3 Å². The third-order valence-electron chi connectivity index (χ3n) is 4.40. The fourth-order valence-electron chi connectivity index (χ4n) is 2.82. The highest BCUT2D eigenvalue weighted by atomic mass is 19.4. The van der Waals surface area contributed by atoms with Gasteiger partial charge in [0.15, 0.2) is 0 Å². The molecule has 0 aliphatic heterocycles. The zero-order chi connectivity index (χ0) is 24.7. The molecule has 176 valence electrons. The Bertz CT molecular complexity index is 1180. The molecule has 7 nitrogen and oxygen atoms in total. The molecule has 0 aliphatic rings. The average Bonchev–Trinajstić information content (AvgIpc) is 2.80. The number of carbonyl (C=O) groups is 3. The van der Waals surface area contributed by atoms with Gasteiger partial charge in [0.05, 0.1) is 17.8 Å². The average molecular weight is 474 g/mol. The minimum atomic E-state index is -4.84. The third-order valence-corrected chi connectivity index (χ3v) is 4.40. The molecule has 3 aromatic carbocycles. The Kier molecular flexibility index (Phi) is 7.46. The summed E-state index contributed by atoms with van der Waals surface area (Å²) < 4.78 is 53.5. The zero-order valence-corrected chi connectivity index (χ0v) is 17.4. The summed E-state index contributed by atoms with van der Waals surface area (Å²) in [5.74, 6) is -1.77. The Morgan fingerprint density at radius 2 is 1.41 bits per heavy atom. The van der Waals surface area contributed by atoms with Crippen molar-refractivity contribution in [3.05, 3.63) is 89.7 Å². The van der Waals surface area contributed by atoms with E-state index in [2.05, 4.69) is 16.0 Å². The van der Waals surface area contributed by atoms with Gasteiger partial charge in [0.2, 0.25) is 5.91 Å². The summed E-state index contributed by atoms with van der Waals surface area (Å²) in [5, 5.41) is 8.95. The second-order valence-electron chi connectivity index (χ2n) is 6.94. The van der Waals surface area contributed by atoms with Gasteiger partial charge in [-0.05, 0) is 54.6 Å². The summed E-state index contributed by atoms with van der Waals surface area (Å²) in [6, 6.07) is 14.6. The topological polar surface area (TPSA) is 99.3 Å². The minimum Gasteiger partial charge on any atom is -0.329 e. The van der Waals surface area contributed by atoms with Crippen LogP contribution in [0.2, 0.25) is 0 Å². The Morgan fingerprint density at radius 3 is 2.06 bits per heavy atom. The van der Waals surface area contributed by atoms with Gasteiger partial charge in [0, 0.05) is 16.9 Å². The highest BCUT2D eigenvalue weighted by Crippen LogP contribution is 2.36. The van der Waals surface area contributed by atoms with Crippen LogP contribution in [0.4, 0.5) is 39.4 Å². The predicted molar refractivity (Wildman–Crippen MR) is 118 cm³/mol. The maximum absolute atomic E-state index is 13.5. The smallest absolute Gasteiger partial charge is 0.329 e. The van der Waals surface area contributed by atoms with E-state index < -0.39 is 47.6 Å².